The van der Waals surface area contributed by atoms with E-state index in [9.17, 15) is 22.8 Å². The number of carbonyl (C=O) groups excluding carboxylic acids is 1. The van der Waals surface area contributed by atoms with Crippen molar-refractivity contribution in [1.29, 1.82) is 0 Å². The van der Waals surface area contributed by atoms with Gasteiger partial charge in [-0.3, -0.25) is 4.79 Å². The molecule has 2 aromatic carbocycles. The molecule has 0 aliphatic rings. The number of hydrogen-bond donors (Lipinski definition) is 1. The minimum absolute atomic E-state index is 0.110. The van der Waals surface area contributed by atoms with E-state index in [0.717, 1.165) is 28.0 Å². The van der Waals surface area contributed by atoms with Gasteiger partial charge >= 0.3 is 12.1 Å². The van der Waals surface area contributed by atoms with Gasteiger partial charge in [-0.2, -0.15) is 13.2 Å². The molecule has 30 heavy (non-hydrogen) atoms. The first-order valence-electron chi connectivity index (χ1n) is 9.18. The topological polar surface area (TPSA) is 63.6 Å². The summed E-state index contributed by atoms with van der Waals surface area (Å²) >= 11 is 1.28. The van der Waals surface area contributed by atoms with Gasteiger partial charge in [0.25, 0.3) is 0 Å². The Kier molecular flexibility index (Phi) is 6.17. The lowest BCUT2D eigenvalue weighted by Gasteiger charge is -2.10. The highest BCUT2D eigenvalue weighted by Crippen LogP contribution is 2.37. The van der Waals surface area contributed by atoms with Crippen LogP contribution in [0.3, 0.4) is 0 Å². The van der Waals surface area contributed by atoms with E-state index in [1.54, 1.807) is 12.1 Å². The van der Waals surface area contributed by atoms with Gasteiger partial charge in [0.15, 0.2) is 11.9 Å². The number of carbonyl (C=O) groups is 2. The number of ketones is 1. The Bertz CT molecular complexity index is 1080. The van der Waals surface area contributed by atoms with E-state index >= 15 is 0 Å². The number of aryl methyl sites for hydroxylation is 2. The summed E-state index contributed by atoms with van der Waals surface area (Å²) in [6.45, 7) is 3.26. The van der Waals surface area contributed by atoms with Gasteiger partial charge in [0, 0.05) is 21.6 Å². The normalized spacial score (nSPS) is 12.7. The zero-order chi connectivity index (χ0) is 22.1. The van der Waals surface area contributed by atoms with Crippen molar-refractivity contribution in [2.75, 3.05) is 0 Å². The van der Waals surface area contributed by atoms with E-state index in [-0.39, 0.29) is 12.2 Å². The highest BCUT2D eigenvalue weighted by Gasteiger charge is 2.30. The molecule has 1 heterocycles. The Morgan fingerprint density at radius 3 is 2.40 bits per heavy atom. The first kappa shape index (κ1) is 21.8. The van der Waals surface area contributed by atoms with Crippen LogP contribution < -0.4 is 4.74 Å². The van der Waals surface area contributed by atoms with Crippen LogP contribution >= 0.6 is 11.3 Å². The number of ether oxygens (including phenoxy) is 1. The number of carboxylic acids is 1. The van der Waals surface area contributed by atoms with Crippen molar-refractivity contribution >= 4 is 33.2 Å². The van der Waals surface area contributed by atoms with Crippen molar-refractivity contribution in [2.24, 2.45) is 0 Å². The van der Waals surface area contributed by atoms with Crippen molar-refractivity contribution in [3.8, 4) is 5.75 Å². The van der Waals surface area contributed by atoms with Gasteiger partial charge in [-0.15, -0.1) is 11.3 Å². The molecular weight excluding hydrogens is 417 g/mol. The lowest BCUT2D eigenvalue weighted by atomic mass is 10.0. The zero-order valence-corrected chi connectivity index (χ0v) is 17.1. The fourth-order valence-corrected chi connectivity index (χ4v) is 4.29. The summed E-state index contributed by atoms with van der Waals surface area (Å²) in [5.74, 6) is -0.848. The number of benzene rings is 2. The highest BCUT2D eigenvalue weighted by atomic mass is 32.1. The van der Waals surface area contributed by atoms with Gasteiger partial charge < -0.3 is 9.84 Å². The molecular formula is C22H19F3O4S. The second-order valence-corrected chi connectivity index (χ2v) is 8.04. The van der Waals surface area contributed by atoms with Gasteiger partial charge in [0.05, 0.1) is 5.56 Å². The van der Waals surface area contributed by atoms with Gasteiger partial charge in [0.1, 0.15) is 5.75 Å². The first-order chi connectivity index (χ1) is 14.1. The molecule has 1 N–H and O–H groups in total. The minimum atomic E-state index is -4.39. The summed E-state index contributed by atoms with van der Waals surface area (Å²) in [4.78, 5) is 24.2. The number of fused-ring (bicyclic) bond motifs is 1. The standard InChI is InChI=1S/C22H19F3O4S/c1-12-17-8-5-15(22(23,24)25)11-20(17)30-19(12)10-9-18(26)14-3-6-16(7-4-14)29-13(2)21(27)28/h3-8,11,13H,9-10H2,1-2H3,(H,27,28). The van der Waals surface area contributed by atoms with Crippen molar-refractivity contribution in [1.82, 2.24) is 0 Å². The minimum Gasteiger partial charge on any atom is -0.479 e. The molecule has 8 heteroatoms. The van der Waals surface area contributed by atoms with E-state index in [1.807, 2.05) is 6.92 Å². The maximum Gasteiger partial charge on any atom is 0.416 e. The van der Waals surface area contributed by atoms with Crippen LogP contribution in [0.15, 0.2) is 42.5 Å². The fourth-order valence-electron chi connectivity index (χ4n) is 3.04. The first-order valence-corrected chi connectivity index (χ1v) is 10.00. The van der Waals surface area contributed by atoms with Crippen LogP contribution in [0, 0.1) is 6.92 Å². The highest BCUT2D eigenvalue weighted by molar-refractivity contribution is 7.19. The Labute approximate surface area is 174 Å². The molecule has 0 aliphatic heterocycles. The third-order valence-electron chi connectivity index (χ3n) is 4.78. The number of halogens is 3. The van der Waals surface area contributed by atoms with Gasteiger partial charge in [-0.25, -0.2) is 4.79 Å². The van der Waals surface area contributed by atoms with Crippen molar-refractivity contribution in [3.63, 3.8) is 0 Å². The summed E-state index contributed by atoms with van der Waals surface area (Å²) in [6, 6.07) is 9.92. The van der Waals surface area contributed by atoms with E-state index in [1.165, 1.54) is 36.5 Å². The number of carboxylic acid groups (broad SMARTS) is 1. The van der Waals surface area contributed by atoms with Crippen LogP contribution in [-0.4, -0.2) is 23.0 Å². The molecule has 0 radical (unpaired) electrons. The molecule has 1 aromatic heterocycles. The predicted octanol–water partition coefficient (Wildman–Crippen LogP) is 5.90. The molecule has 0 bridgehead atoms. The monoisotopic (exact) mass is 436 g/mol. The summed E-state index contributed by atoms with van der Waals surface area (Å²) in [5.41, 5.74) is 0.671. The summed E-state index contributed by atoms with van der Waals surface area (Å²) in [6.07, 6.45) is -4.74. The molecule has 3 aromatic rings. The second-order valence-electron chi connectivity index (χ2n) is 6.90. The Morgan fingerprint density at radius 2 is 1.80 bits per heavy atom. The lowest BCUT2D eigenvalue weighted by molar-refractivity contribution is -0.144. The molecule has 0 fully saturated rings. The van der Waals surface area contributed by atoms with Crippen LogP contribution in [-0.2, 0) is 17.4 Å². The number of Topliss-reactive ketones (excluding diaryl/α,β-unsaturated/α-hetero) is 1. The molecule has 0 aliphatic carbocycles. The summed E-state index contributed by atoms with van der Waals surface area (Å²) in [7, 11) is 0. The molecule has 1 atom stereocenters. The van der Waals surface area contributed by atoms with E-state index in [0.29, 0.717) is 22.4 Å². The molecule has 4 nitrogen and oxygen atoms in total. The van der Waals surface area contributed by atoms with Crippen LogP contribution in [0.2, 0.25) is 0 Å². The molecule has 0 saturated heterocycles. The van der Waals surface area contributed by atoms with Crippen LogP contribution in [0.1, 0.15) is 39.7 Å². The van der Waals surface area contributed by atoms with Crippen LogP contribution in [0.4, 0.5) is 13.2 Å². The summed E-state index contributed by atoms with van der Waals surface area (Å²) < 4.78 is 44.6. The molecule has 0 amide bonds. The SMILES string of the molecule is Cc1c(CCC(=O)c2ccc(OC(C)C(=O)O)cc2)sc2cc(C(F)(F)F)ccc12. The van der Waals surface area contributed by atoms with E-state index in [2.05, 4.69) is 0 Å². The average Bonchev–Trinajstić information content (AvgIpc) is 3.01. The lowest BCUT2D eigenvalue weighted by Crippen LogP contribution is -2.22. The van der Waals surface area contributed by atoms with E-state index in [4.69, 9.17) is 9.84 Å². The van der Waals surface area contributed by atoms with Gasteiger partial charge in [0.2, 0.25) is 0 Å². The zero-order valence-electron chi connectivity index (χ0n) is 16.2. The number of rotatable bonds is 7. The molecule has 3 rings (SSSR count). The number of thiophene rings is 1. The maximum absolute atomic E-state index is 12.9. The Morgan fingerprint density at radius 1 is 1.13 bits per heavy atom. The Hall–Kier alpha value is -2.87. The van der Waals surface area contributed by atoms with Gasteiger partial charge in [-0.05, 0) is 67.6 Å². The van der Waals surface area contributed by atoms with Crippen LogP contribution in [0.5, 0.6) is 5.75 Å². The van der Waals surface area contributed by atoms with Crippen molar-refractivity contribution in [3.05, 3.63) is 64.0 Å². The van der Waals surface area contributed by atoms with E-state index < -0.39 is 23.8 Å². The number of aliphatic carboxylic acids is 1. The second kappa shape index (κ2) is 8.47. The quantitative estimate of drug-likeness (QED) is 0.469. The number of alkyl halides is 3. The molecule has 0 saturated carbocycles. The fraction of sp³-hybridized carbons (Fsp3) is 0.273. The third kappa shape index (κ3) is 4.81. The smallest absolute Gasteiger partial charge is 0.416 e. The maximum atomic E-state index is 12.9. The third-order valence-corrected chi connectivity index (χ3v) is 6.09. The predicted molar refractivity (Wildman–Crippen MR) is 108 cm³/mol. The molecule has 158 valence electrons. The van der Waals surface area contributed by atoms with Crippen molar-refractivity contribution in [2.45, 2.75) is 39.0 Å². The molecule has 0 spiro atoms. The number of hydrogen-bond acceptors (Lipinski definition) is 4. The van der Waals surface area contributed by atoms with Crippen molar-refractivity contribution < 1.29 is 32.6 Å². The summed E-state index contributed by atoms with van der Waals surface area (Å²) in [5, 5.41) is 9.63. The Balaban J connectivity index is 1.69. The average molecular weight is 436 g/mol. The van der Waals surface area contributed by atoms with Crippen LogP contribution in [0.25, 0.3) is 10.1 Å². The van der Waals surface area contributed by atoms with Gasteiger partial charge in [-0.1, -0.05) is 6.07 Å². The molecule has 1 unspecified atom stereocenters. The largest absolute Gasteiger partial charge is 0.479 e.